The number of aryl methyl sites for hydroxylation is 1. The predicted molar refractivity (Wildman–Crippen MR) is 85.3 cm³/mol. The van der Waals surface area contributed by atoms with Crippen molar-refractivity contribution in [1.82, 2.24) is 24.5 Å². The topological polar surface area (TPSA) is 44.6 Å². The van der Waals surface area contributed by atoms with Gasteiger partial charge in [-0.15, -0.1) is 0 Å². The Kier molecular flexibility index (Phi) is 4.49. The number of rotatable bonds is 4. The molecule has 2 aliphatic rings. The zero-order valence-electron chi connectivity index (χ0n) is 13.9. The third kappa shape index (κ3) is 3.33. The molecule has 0 spiro atoms. The van der Waals surface area contributed by atoms with Crippen molar-refractivity contribution in [2.24, 2.45) is 13.0 Å². The van der Waals surface area contributed by atoms with E-state index < -0.39 is 0 Å². The minimum atomic E-state index is 0.206. The van der Waals surface area contributed by atoms with E-state index in [1.165, 1.54) is 18.4 Å². The molecule has 0 unspecified atom stereocenters. The fraction of sp³-hybridized carbons (Fsp3) is 0.750. The van der Waals surface area contributed by atoms with Gasteiger partial charge in [0.25, 0.3) is 0 Å². The lowest BCUT2D eigenvalue weighted by molar-refractivity contribution is -0.129. The van der Waals surface area contributed by atoms with Gasteiger partial charge in [-0.25, -0.2) is 0 Å². The fourth-order valence-corrected chi connectivity index (χ4v) is 3.81. The second-order valence-corrected chi connectivity index (χ2v) is 6.94. The fourth-order valence-electron chi connectivity index (χ4n) is 3.81. The highest BCUT2D eigenvalue weighted by atomic mass is 16.2. The van der Waals surface area contributed by atoms with E-state index in [2.05, 4.69) is 21.1 Å². The molecule has 1 aromatic rings. The van der Waals surface area contributed by atoms with Crippen LogP contribution in [0.15, 0.2) is 12.4 Å². The predicted octanol–water partition coefficient (Wildman–Crippen LogP) is 0.405. The summed E-state index contributed by atoms with van der Waals surface area (Å²) < 4.78 is 1.87. The summed E-state index contributed by atoms with van der Waals surface area (Å²) in [5.41, 5.74) is 1.28. The minimum Gasteiger partial charge on any atom is -0.348 e. The maximum atomic E-state index is 11.9. The minimum absolute atomic E-state index is 0.206. The second kappa shape index (κ2) is 6.38. The third-order valence-electron chi connectivity index (χ3n) is 4.97. The Bertz CT molecular complexity index is 526. The molecule has 0 radical (unpaired) electrons. The van der Waals surface area contributed by atoms with E-state index in [1.807, 2.05) is 32.0 Å². The number of nitrogens with zero attached hydrogens (tertiary/aromatic N) is 5. The van der Waals surface area contributed by atoms with Gasteiger partial charge in [0, 0.05) is 58.6 Å². The van der Waals surface area contributed by atoms with Gasteiger partial charge in [-0.3, -0.25) is 19.3 Å². The number of amides is 1. The van der Waals surface area contributed by atoms with Crippen LogP contribution in [0.2, 0.25) is 0 Å². The Morgan fingerprint density at radius 1 is 1.41 bits per heavy atom. The lowest BCUT2D eigenvalue weighted by Gasteiger charge is -2.36. The van der Waals surface area contributed by atoms with Crippen LogP contribution in [0.3, 0.4) is 0 Å². The quantitative estimate of drug-likeness (QED) is 0.808. The molecule has 0 saturated carbocycles. The summed E-state index contributed by atoms with van der Waals surface area (Å²) >= 11 is 0. The Hall–Kier alpha value is -1.40. The number of fused-ring (bicyclic) bond motifs is 1. The normalized spacial score (nSPS) is 26.1. The lowest BCUT2D eigenvalue weighted by atomic mass is 9.92. The van der Waals surface area contributed by atoms with Crippen LogP contribution < -0.4 is 0 Å². The number of aromatic nitrogens is 2. The average molecular weight is 305 g/mol. The number of carbonyl (C=O) groups is 1. The van der Waals surface area contributed by atoms with Crippen LogP contribution in [0.4, 0.5) is 0 Å². The standard InChI is InChI=1S/C16H27N5O/c1-18(2)16(22)12-20-10-14-5-4-6-21(15(14)11-20)9-13-7-17-19(3)8-13/h7-8,14-15H,4-6,9-12H2,1-3H3/t14-,15+/m1/s1. The van der Waals surface area contributed by atoms with Gasteiger partial charge in [0.1, 0.15) is 0 Å². The molecule has 2 saturated heterocycles. The molecule has 0 aliphatic carbocycles. The summed E-state index contributed by atoms with van der Waals surface area (Å²) in [5, 5.41) is 4.27. The molecule has 3 rings (SSSR count). The number of likely N-dealkylation sites (N-methyl/N-ethyl adjacent to an activating group) is 1. The Morgan fingerprint density at radius 2 is 2.23 bits per heavy atom. The van der Waals surface area contributed by atoms with Crippen LogP contribution in [0.1, 0.15) is 18.4 Å². The molecular formula is C16H27N5O. The SMILES string of the molecule is CN(C)C(=O)CN1C[C@H]2CCCN(Cc3cnn(C)c3)[C@H]2C1. The van der Waals surface area contributed by atoms with Crippen LogP contribution in [0.5, 0.6) is 0 Å². The monoisotopic (exact) mass is 305 g/mol. The van der Waals surface area contributed by atoms with E-state index in [4.69, 9.17) is 0 Å². The third-order valence-corrected chi connectivity index (χ3v) is 4.97. The van der Waals surface area contributed by atoms with Crippen LogP contribution >= 0.6 is 0 Å². The summed E-state index contributed by atoms with van der Waals surface area (Å²) in [6, 6.07) is 0.587. The summed E-state index contributed by atoms with van der Waals surface area (Å²) in [6.07, 6.45) is 6.62. The average Bonchev–Trinajstić information content (AvgIpc) is 3.05. The number of hydrogen-bond donors (Lipinski definition) is 0. The van der Waals surface area contributed by atoms with E-state index in [0.29, 0.717) is 18.5 Å². The first-order valence-electron chi connectivity index (χ1n) is 8.17. The molecule has 2 aliphatic heterocycles. The van der Waals surface area contributed by atoms with E-state index in [1.54, 1.807) is 4.90 Å². The van der Waals surface area contributed by atoms with Crippen molar-refractivity contribution < 1.29 is 4.79 Å². The smallest absolute Gasteiger partial charge is 0.236 e. The zero-order valence-corrected chi connectivity index (χ0v) is 13.9. The van der Waals surface area contributed by atoms with Crippen molar-refractivity contribution in [3.63, 3.8) is 0 Å². The summed E-state index contributed by atoms with van der Waals surface area (Å²) in [5.74, 6) is 0.915. The molecule has 22 heavy (non-hydrogen) atoms. The van der Waals surface area contributed by atoms with Crippen molar-refractivity contribution in [2.45, 2.75) is 25.4 Å². The van der Waals surface area contributed by atoms with Gasteiger partial charge in [0.2, 0.25) is 5.91 Å². The summed E-state index contributed by atoms with van der Waals surface area (Å²) in [4.78, 5) is 18.6. The van der Waals surface area contributed by atoms with Crippen LogP contribution in [0.25, 0.3) is 0 Å². The van der Waals surface area contributed by atoms with Gasteiger partial charge in [-0.2, -0.15) is 5.10 Å². The first-order chi connectivity index (χ1) is 10.5. The highest BCUT2D eigenvalue weighted by Crippen LogP contribution is 2.31. The molecule has 6 nitrogen and oxygen atoms in total. The van der Waals surface area contributed by atoms with Crippen LogP contribution in [-0.4, -0.2) is 76.7 Å². The molecule has 0 N–H and O–H groups in total. The van der Waals surface area contributed by atoms with Crippen molar-refractivity contribution in [3.05, 3.63) is 18.0 Å². The molecular weight excluding hydrogens is 278 g/mol. The van der Waals surface area contributed by atoms with Crippen molar-refractivity contribution in [2.75, 3.05) is 40.3 Å². The molecule has 2 fully saturated rings. The second-order valence-electron chi connectivity index (χ2n) is 6.94. The Labute approximate surface area is 132 Å². The molecule has 6 heteroatoms. The van der Waals surface area contributed by atoms with Crippen molar-refractivity contribution in [3.8, 4) is 0 Å². The van der Waals surface area contributed by atoms with Gasteiger partial charge >= 0.3 is 0 Å². The van der Waals surface area contributed by atoms with E-state index in [-0.39, 0.29) is 5.91 Å². The number of carbonyl (C=O) groups excluding carboxylic acids is 1. The molecule has 122 valence electrons. The van der Waals surface area contributed by atoms with E-state index >= 15 is 0 Å². The largest absolute Gasteiger partial charge is 0.348 e. The highest BCUT2D eigenvalue weighted by Gasteiger charge is 2.39. The van der Waals surface area contributed by atoms with Crippen LogP contribution in [-0.2, 0) is 18.4 Å². The molecule has 1 aromatic heterocycles. The summed E-state index contributed by atoms with van der Waals surface area (Å²) in [7, 11) is 5.63. The molecule has 1 amide bonds. The van der Waals surface area contributed by atoms with Gasteiger partial charge in [-0.05, 0) is 25.3 Å². The maximum Gasteiger partial charge on any atom is 0.236 e. The maximum absolute atomic E-state index is 11.9. The molecule has 0 aromatic carbocycles. The number of likely N-dealkylation sites (tertiary alicyclic amines) is 2. The summed E-state index contributed by atoms with van der Waals surface area (Å²) in [6.45, 7) is 4.77. The Balaban J connectivity index is 1.61. The number of hydrogen-bond acceptors (Lipinski definition) is 4. The van der Waals surface area contributed by atoms with E-state index in [0.717, 1.165) is 26.2 Å². The van der Waals surface area contributed by atoms with Gasteiger partial charge in [-0.1, -0.05) is 0 Å². The molecule has 3 heterocycles. The number of piperidine rings is 1. The van der Waals surface area contributed by atoms with Crippen LogP contribution in [0, 0.1) is 5.92 Å². The Morgan fingerprint density at radius 3 is 2.91 bits per heavy atom. The van der Waals surface area contributed by atoms with E-state index in [9.17, 15) is 4.79 Å². The lowest BCUT2D eigenvalue weighted by Crippen LogP contribution is -2.44. The molecule has 2 atom stereocenters. The first-order valence-corrected chi connectivity index (χ1v) is 8.17. The van der Waals surface area contributed by atoms with Gasteiger partial charge in [0.05, 0.1) is 12.7 Å². The van der Waals surface area contributed by atoms with Gasteiger partial charge < -0.3 is 4.90 Å². The van der Waals surface area contributed by atoms with Crippen molar-refractivity contribution in [1.29, 1.82) is 0 Å². The highest BCUT2D eigenvalue weighted by molar-refractivity contribution is 5.77. The first kappa shape index (κ1) is 15.5. The molecule has 0 bridgehead atoms. The van der Waals surface area contributed by atoms with Crippen molar-refractivity contribution >= 4 is 5.91 Å². The zero-order chi connectivity index (χ0) is 15.7. The van der Waals surface area contributed by atoms with Gasteiger partial charge in [0.15, 0.2) is 0 Å².